The van der Waals surface area contributed by atoms with Gasteiger partial charge in [0.1, 0.15) is 17.2 Å². The molecule has 0 fully saturated rings. The van der Waals surface area contributed by atoms with Gasteiger partial charge in [0.15, 0.2) is 5.75 Å². The van der Waals surface area contributed by atoms with Gasteiger partial charge in [-0.05, 0) is 19.1 Å². The predicted molar refractivity (Wildman–Crippen MR) is 98.8 cm³/mol. The molecule has 0 atom stereocenters. The largest absolute Gasteiger partial charge is 0.494 e. The molecule has 3 rings (SSSR count). The molecule has 0 aliphatic heterocycles. The van der Waals surface area contributed by atoms with E-state index in [1.807, 2.05) is 0 Å². The molecule has 0 bridgehead atoms. The third-order valence-corrected chi connectivity index (χ3v) is 4.37. The van der Waals surface area contributed by atoms with E-state index in [0.717, 1.165) is 9.69 Å². The Hall–Kier alpha value is -2.78. The first kappa shape index (κ1) is 18.0. The van der Waals surface area contributed by atoms with Crippen LogP contribution in [0.2, 0.25) is 5.02 Å². The summed E-state index contributed by atoms with van der Waals surface area (Å²) in [5.74, 6) is -0.114. The number of methoxy groups -OCH3 is 1. The van der Waals surface area contributed by atoms with Gasteiger partial charge in [0, 0.05) is 16.7 Å². The summed E-state index contributed by atoms with van der Waals surface area (Å²) in [6, 6.07) is 8.22. The van der Waals surface area contributed by atoms with Crippen molar-refractivity contribution in [2.75, 3.05) is 12.4 Å². The number of halogens is 1. The van der Waals surface area contributed by atoms with Crippen LogP contribution in [0.4, 0.5) is 5.13 Å². The molecule has 2 aromatic heterocycles. The standard InChI is InChI=1S/C16H14ClN5O3S/c1-9-19-20-16(26-9)18-13(23)8-22-14(24)7-12(25-2)15(21-22)10-3-5-11(17)6-4-10/h3-7H,8H2,1-2H3,(H,18,20,23). The first-order chi connectivity index (χ1) is 12.5. The Labute approximate surface area is 157 Å². The normalized spacial score (nSPS) is 10.6. The summed E-state index contributed by atoms with van der Waals surface area (Å²) in [7, 11) is 1.45. The number of hydrogen-bond acceptors (Lipinski definition) is 7. The first-order valence-electron chi connectivity index (χ1n) is 7.48. The van der Waals surface area contributed by atoms with Crippen LogP contribution in [-0.4, -0.2) is 33.0 Å². The van der Waals surface area contributed by atoms with E-state index in [-0.39, 0.29) is 6.54 Å². The average molecular weight is 392 g/mol. The molecule has 3 aromatic rings. The summed E-state index contributed by atoms with van der Waals surface area (Å²) in [4.78, 5) is 24.4. The van der Waals surface area contributed by atoms with Crippen LogP contribution in [0.25, 0.3) is 11.3 Å². The highest BCUT2D eigenvalue weighted by Gasteiger charge is 2.15. The number of aromatic nitrogens is 4. The molecule has 8 nitrogen and oxygen atoms in total. The molecule has 0 aliphatic rings. The molecule has 1 amide bonds. The molecule has 10 heteroatoms. The van der Waals surface area contributed by atoms with Crippen molar-refractivity contribution in [3.05, 3.63) is 50.7 Å². The van der Waals surface area contributed by atoms with Gasteiger partial charge < -0.3 is 4.74 Å². The van der Waals surface area contributed by atoms with E-state index in [0.29, 0.717) is 27.2 Å². The topological polar surface area (TPSA) is 99.0 Å². The maximum absolute atomic E-state index is 12.2. The van der Waals surface area contributed by atoms with E-state index in [9.17, 15) is 9.59 Å². The van der Waals surface area contributed by atoms with Crippen LogP contribution in [-0.2, 0) is 11.3 Å². The van der Waals surface area contributed by atoms with Crippen LogP contribution < -0.4 is 15.6 Å². The fourth-order valence-electron chi connectivity index (χ4n) is 2.19. The maximum atomic E-state index is 12.2. The van der Waals surface area contributed by atoms with Crippen molar-refractivity contribution in [3.63, 3.8) is 0 Å². The highest BCUT2D eigenvalue weighted by Crippen LogP contribution is 2.27. The lowest BCUT2D eigenvalue weighted by Crippen LogP contribution is -2.29. The SMILES string of the molecule is COc1cc(=O)n(CC(=O)Nc2nnc(C)s2)nc1-c1ccc(Cl)cc1. The van der Waals surface area contributed by atoms with Crippen LogP contribution in [0, 0.1) is 6.92 Å². The third kappa shape index (κ3) is 4.06. The number of aryl methyl sites for hydroxylation is 1. The first-order valence-corrected chi connectivity index (χ1v) is 8.68. The van der Waals surface area contributed by atoms with E-state index in [1.54, 1.807) is 31.2 Å². The number of nitrogens with one attached hydrogen (secondary N) is 1. The molecule has 1 N–H and O–H groups in total. The van der Waals surface area contributed by atoms with E-state index in [1.165, 1.54) is 24.5 Å². The van der Waals surface area contributed by atoms with Crippen LogP contribution in [0.15, 0.2) is 35.1 Å². The van der Waals surface area contributed by atoms with Crippen molar-refractivity contribution < 1.29 is 9.53 Å². The van der Waals surface area contributed by atoms with Crippen molar-refractivity contribution in [1.82, 2.24) is 20.0 Å². The van der Waals surface area contributed by atoms with Gasteiger partial charge >= 0.3 is 0 Å². The maximum Gasteiger partial charge on any atom is 0.270 e. The molecule has 0 radical (unpaired) electrons. The van der Waals surface area contributed by atoms with Gasteiger partial charge in [-0.25, -0.2) is 4.68 Å². The number of benzene rings is 1. The summed E-state index contributed by atoms with van der Waals surface area (Å²) in [6.45, 7) is 1.52. The van der Waals surface area contributed by atoms with E-state index >= 15 is 0 Å². The Kier molecular flexibility index (Phi) is 5.29. The minimum Gasteiger partial charge on any atom is -0.494 e. The minimum atomic E-state index is -0.455. The van der Waals surface area contributed by atoms with Crippen molar-refractivity contribution in [2.24, 2.45) is 0 Å². The minimum absolute atomic E-state index is 0.262. The highest BCUT2D eigenvalue weighted by molar-refractivity contribution is 7.15. The molecule has 0 aliphatic carbocycles. The molecular formula is C16H14ClN5O3S. The van der Waals surface area contributed by atoms with Gasteiger partial charge in [-0.2, -0.15) is 5.10 Å². The van der Waals surface area contributed by atoms with E-state index in [4.69, 9.17) is 16.3 Å². The Balaban J connectivity index is 1.89. The lowest BCUT2D eigenvalue weighted by molar-refractivity contribution is -0.117. The lowest BCUT2D eigenvalue weighted by Gasteiger charge is -2.11. The zero-order valence-corrected chi connectivity index (χ0v) is 15.5. The number of ether oxygens (including phenoxy) is 1. The van der Waals surface area contributed by atoms with Gasteiger partial charge in [0.25, 0.3) is 5.56 Å². The van der Waals surface area contributed by atoms with Gasteiger partial charge in [-0.15, -0.1) is 10.2 Å². The predicted octanol–water partition coefficient (Wildman–Crippen LogP) is 2.37. The summed E-state index contributed by atoms with van der Waals surface area (Å²) in [5, 5.41) is 16.2. The van der Waals surface area contributed by atoms with Crippen molar-refractivity contribution in [3.8, 4) is 17.0 Å². The Morgan fingerprint density at radius 1 is 1.31 bits per heavy atom. The lowest BCUT2D eigenvalue weighted by atomic mass is 10.1. The second-order valence-electron chi connectivity index (χ2n) is 5.24. The van der Waals surface area contributed by atoms with Gasteiger partial charge in [-0.3, -0.25) is 14.9 Å². The Morgan fingerprint density at radius 2 is 2.04 bits per heavy atom. The molecule has 26 heavy (non-hydrogen) atoms. The second kappa shape index (κ2) is 7.63. The van der Waals surface area contributed by atoms with Crippen LogP contribution in [0.5, 0.6) is 5.75 Å². The highest BCUT2D eigenvalue weighted by atomic mass is 35.5. The molecule has 0 unspecified atom stereocenters. The smallest absolute Gasteiger partial charge is 0.270 e. The number of rotatable bonds is 5. The fraction of sp³-hybridized carbons (Fsp3) is 0.188. The summed E-state index contributed by atoms with van der Waals surface area (Å²) in [6.07, 6.45) is 0. The zero-order chi connectivity index (χ0) is 18.7. The van der Waals surface area contributed by atoms with Crippen LogP contribution >= 0.6 is 22.9 Å². The number of carbonyl (C=O) groups excluding carboxylic acids is 1. The number of nitrogens with zero attached hydrogens (tertiary/aromatic N) is 4. The van der Waals surface area contributed by atoms with Gasteiger partial charge in [0.2, 0.25) is 11.0 Å². The summed E-state index contributed by atoms with van der Waals surface area (Å²) in [5.41, 5.74) is 0.687. The average Bonchev–Trinajstić information content (AvgIpc) is 3.01. The van der Waals surface area contributed by atoms with Crippen LogP contribution in [0.3, 0.4) is 0 Å². The number of amides is 1. The molecule has 0 saturated carbocycles. The van der Waals surface area contributed by atoms with Gasteiger partial charge in [-0.1, -0.05) is 35.1 Å². The second-order valence-corrected chi connectivity index (χ2v) is 6.86. The number of hydrogen-bond donors (Lipinski definition) is 1. The monoisotopic (exact) mass is 391 g/mol. The quantitative estimate of drug-likeness (QED) is 0.716. The molecule has 134 valence electrons. The van der Waals surface area contributed by atoms with E-state index in [2.05, 4.69) is 20.6 Å². The third-order valence-electron chi connectivity index (χ3n) is 3.37. The molecule has 2 heterocycles. The zero-order valence-electron chi connectivity index (χ0n) is 13.9. The Bertz CT molecular complexity index is 1000. The fourth-order valence-corrected chi connectivity index (χ4v) is 2.93. The van der Waals surface area contributed by atoms with Crippen molar-refractivity contribution >= 4 is 34.0 Å². The summed E-state index contributed by atoms with van der Waals surface area (Å²) >= 11 is 7.15. The number of anilines is 1. The van der Waals surface area contributed by atoms with Gasteiger partial charge in [0.05, 0.1) is 7.11 Å². The summed E-state index contributed by atoms with van der Waals surface area (Å²) < 4.78 is 6.31. The molecule has 0 saturated heterocycles. The molecule has 1 aromatic carbocycles. The van der Waals surface area contributed by atoms with Crippen LogP contribution in [0.1, 0.15) is 5.01 Å². The van der Waals surface area contributed by atoms with E-state index < -0.39 is 11.5 Å². The number of carbonyl (C=O) groups is 1. The van der Waals surface area contributed by atoms with Crippen molar-refractivity contribution in [2.45, 2.75) is 13.5 Å². The molecular weight excluding hydrogens is 378 g/mol. The molecule has 0 spiro atoms. The Morgan fingerprint density at radius 3 is 2.65 bits per heavy atom. The van der Waals surface area contributed by atoms with Crippen molar-refractivity contribution in [1.29, 1.82) is 0 Å².